The van der Waals surface area contributed by atoms with Gasteiger partial charge in [0.05, 0.1) is 24.8 Å². The van der Waals surface area contributed by atoms with E-state index in [9.17, 15) is 0 Å². The molecule has 0 saturated carbocycles. The van der Waals surface area contributed by atoms with E-state index in [0.717, 1.165) is 76.2 Å². The molecule has 1 unspecified atom stereocenters. The van der Waals surface area contributed by atoms with Crippen molar-refractivity contribution in [1.29, 1.82) is 0 Å². The Balaban J connectivity index is 0.000000170. The van der Waals surface area contributed by atoms with Crippen LogP contribution < -0.4 is 34.6 Å². The van der Waals surface area contributed by atoms with Crippen molar-refractivity contribution in [2.75, 3.05) is 75.4 Å². The molecule has 2 fully saturated rings. The van der Waals surface area contributed by atoms with Gasteiger partial charge in [0.25, 0.3) is 0 Å². The number of rotatable bonds is 11. The summed E-state index contributed by atoms with van der Waals surface area (Å²) in [7, 11) is 0. The molecule has 11 heteroatoms. The molecule has 48 heavy (non-hydrogen) atoms. The highest BCUT2D eigenvalue weighted by atomic mass is 16.5. The summed E-state index contributed by atoms with van der Waals surface area (Å²) in [5.74, 6) is 3.72. The van der Waals surface area contributed by atoms with E-state index in [1.807, 2.05) is 42.5 Å². The first-order chi connectivity index (χ1) is 23.7. The summed E-state index contributed by atoms with van der Waals surface area (Å²) in [6.45, 7) is 10.6. The minimum atomic E-state index is 0.0648. The van der Waals surface area contributed by atoms with Gasteiger partial charge < -0.3 is 34.6 Å². The number of aromatic nitrogens is 4. The number of benzene rings is 3. The number of hydrogen-bond donors (Lipinski definition) is 2. The normalized spacial score (nSPS) is 15.3. The zero-order chi connectivity index (χ0) is 32.8. The molecule has 2 aromatic heterocycles. The van der Waals surface area contributed by atoms with E-state index >= 15 is 0 Å². The van der Waals surface area contributed by atoms with E-state index in [2.05, 4.69) is 77.6 Å². The first kappa shape index (κ1) is 32.9. The molecule has 0 amide bonds. The zero-order valence-corrected chi connectivity index (χ0v) is 27.5. The molecular weight excluding hydrogens is 604 g/mol. The third kappa shape index (κ3) is 9.76. The van der Waals surface area contributed by atoms with Crippen LogP contribution in [-0.2, 0) is 6.42 Å². The summed E-state index contributed by atoms with van der Waals surface area (Å²) in [6, 6.07) is 24.7. The van der Waals surface area contributed by atoms with E-state index in [1.165, 1.54) is 16.3 Å². The fraction of sp³-hybridized carbons (Fsp3) is 0.351. The summed E-state index contributed by atoms with van der Waals surface area (Å²) < 4.78 is 17.4. The van der Waals surface area contributed by atoms with Gasteiger partial charge in [-0.1, -0.05) is 60.7 Å². The summed E-state index contributed by atoms with van der Waals surface area (Å²) >= 11 is 0. The molecule has 2 aliphatic rings. The Kier molecular flexibility index (Phi) is 11.8. The highest BCUT2D eigenvalue weighted by Gasteiger charge is 2.15. The van der Waals surface area contributed by atoms with E-state index in [-0.39, 0.29) is 6.10 Å². The Hall–Kier alpha value is -5.00. The van der Waals surface area contributed by atoms with Crippen molar-refractivity contribution in [3.8, 4) is 17.5 Å². The van der Waals surface area contributed by atoms with Gasteiger partial charge in [-0.15, -0.1) is 0 Å². The van der Waals surface area contributed by atoms with Gasteiger partial charge in [0, 0.05) is 58.8 Å². The molecule has 2 saturated heterocycles. The maximum Gasteiger partial charge on any atom is 0.234 e. The maximum atomic E-state index is 5.93. The minimum Gasteiger partial charge on any atom is -0.490 e. The monoisotopic (exact) mass is 648 g/mol. The maximum absolute atomic E-state index is 5.93. The third-order valence-electron chi connectivity index (χ3n) is 8.09. The lowest BCUT2D eigenvalue weighted by Gasteiger charge is -2.28. The molecule has 1 atom stereocenters. The second-order valence-electron chi connectivity index (χ2n) is 11.7. The molecule has 5 aromatic rings. The van der Waals surface area contributed by atoms with Crippen LogP contribution in [0.4, 0.5) is 11.6 Å². The number of nitrogens with zero attached hydrogens (tertiary/aromatic N) is 6. The van der Waals surface area contributed by atoms with Gasteiger partial charge in [0.2, 0.25) is 11.8 Å². The Bertz CT molecular complexity index is 1700. The molecule has 4 heterocycles. The van der Waals surface area contributed by atoms with Crippen LogP contribution in [0.5, 0.6) is 17.5 Å². The highest BCUT2D eigenvalue weighted by Crippen LogP contribution is 2.21. The Labute approximate surface area is 282 Å². The lowest BCUT2D eigenvalue weighted by Crippen LogP contribution is -2.43. The highest BCUT2D eigenvalue weighted by molar-refractivity contribution is 5.83. The molecule has 0 bridgehead atoms. The van der Waals surface area contributed by atoms with Crippen molar-refractivity contribution < 1.29 is 14.2 Å². The minimum absolute atomic E-state index is 0.0648. The lowest BCUT2D eigenvalue weighted by molar-refractivity contribution is 0.211. The molecule has 7 rings (SSSR count). The second-order valence-corrected chi connectivity index (χ2v) is 11.7. The predicted molar refractivity (Wildman–Crippen MR) is 189 cm³/mol. The standard InChI is InChI=1S/C20H22N4O2.C17H22N4O/c1-2-4-17-13-18(6-5-16(17)3-1)25-11-12-26-20-15-22-14-19(23-20)24-9-7-21-8-10-24;1-14(11-15-5-3-2-4-6-15)22-17-13-19-12-16(20-17)21-9-7-18-8-10-21/h1-6,13-15,21H,7-12H2;2-6,12-14,18H,7-11H2,1H3. The molecular formula is C37H44N8O3. The predicted octanol–water partition coefficient (Wildman–Crippen LogP) is 4.39. The van der Waals surface area contributed by atoms with Crippen molar-refractivity contribution in [2.24, 2.45) is 0 Å². The third-order valence-corrected chi connectivity index (χ3v) is 8.09. The molecule has 11 nitrogen and oxygen atoms in total. The molecule has 2 N–H and O–H groups in total. The summed E-state index contributed by atoms with van der Waals surface area (Å²) in [4.78, 5) is 22.1. The van der Waals surface area contributed by atoms with Crippen molar-refractivity contribution in [2.45, 2.75) is 19.4 Å². The fourth-order valence-corrected chi connectivity index (χ4v) is 5.65. The summed E-state index contributed by atoms with van der Waals surface area (Å²) in [5.41, 5.74) is 1.27. The Morgan fingerprint density at radius 3 is 1.92 bits per heavy atom. The summed E-state index contributed by atoms with van der Waals surface area (Å²) in [6.07, 6.45) is 7.84. The molecule has 0 aliphatic carbocycles. The lowest BCUT2D eigenvalue weighted by atomic mass is 10.1. The van der Waals surface area contributed by atoms with Gasteiger partial charge in [0.15, 0.2) is 11.6 Å². The molecule has 2 aliphatic heterocycles. The molecule has 250 valence electrons. The van der Waals surface area contributed by atoms with Crippen LogP contribution in [0.15, 0.2) is 97.6 Å². The summed E-state index contributed by atoms with van der Waals surface area (Å²) in [5, 5.41) is 9.04. The quantitative estimate of drug-likeness (QED) is 0.199. The average Bonchev–Trinajstić information content (AvgIpc) is 3.15. The van der Waals surface area contributed by atoms with Crippen LogP contribution in [0, 0.1) is 0 Å². The van der Waals surface area contributed by atoms with Crippen LogP contribution in [0.2, 0.25) is 0 Å². The van der Waals surface area contributed by atoms with Crippen molar-refractivity contribution in [1.82, 2.24) is 30.6 Å². The van der Waals surface area contributed by atoms with Crippen LogP contribution >= 0.6 is 0 Å². The van der Waals surface area contributed by atoms with Crippen molar-refractivity contribution in [3.63, 3.8) is 0 Å². The Morgan fingerprint density at radius 1 is 0.646 bits per heavy atom. The van der Waals surface area contributed by atoms with Gasteiger partial charge in [-0.05, 0) is 35.4 Å². The van der Waals surface area contributed by atoms with E-state index in [4.69, 9.17) is 14.2 Å². The van der Waals surface area contributed by atoms with Crippen LogP contribution in [0.3, 0.4) is 0 Å². The smallest absolute Gasteiger partial charge is 0.234 e. The van der Waals surface area contributed by atoms with Gasteiger partial charge in [-0.3, -0.25) is 9.97 Å². The van der Waals surface area contributed by atoms with Crippen LogP contribution in [-0.4, -0.2) is 91.6 Å². The molecule has 0 spiro atoms. The van der Waals surface area contributed by atoms with Crippen molar-refractivity contribution in [3.05, 3.63) is 103 Å². The van der Waals surface area contributed by atoms with E-state index in [0.29, 0.717) is 25.0 Å². The van der Waals surface area contributed by atoms with E-state index < -0.39 is 0 Å². The van der Waals surface area contributed by atoms with Gasteiger partial charge in [-0.2, -0.15) is 9.97 Å². The average molecular weight is 649 g/mol. The number of ether oxygens (including phenoxy) is 3. The second kappa shape index (κ2) is 17.2. The van der Waals surface area contributed by atoms with Crippen molar-refractivity contribution >= 4 is 22.4 Å². The molecule has 3 aromatic carbocycles. The largest absolute Gasteiger partial charge is 0.490 e. The van der Waals surface area contributed by atoms with Gasteiger partial charge >= 0.3 is 0 Å². The van der Waals surface area contributed by atoms with Crippen LogP contribution in [0.1, 0.15) is 12.5 Å². The number of fused-ring (bicyclic) bond motifs is 1. The van der Waals surface area contributed by atoms with E-state index in [1.54, 1.807) is 24.8 Å². The van der Waals surface area contributed by atoms with Gasteiger partial charge in [-0.25, -0.2) is 0 Å². The first-order valence-electron chi connectivity index (χ1n) is 16.7. The topological polar surface area (TPSA) is 110 Å². The number of anilines is 2. The number of piperazine rings is 2. The number of hydrogen-bond acceptors (Lipinski definition) is 11. The Morgan fingerprint density at radius 2 is 1.23 bits per heavy atom. The number of nitrogens with one attached hydrogen (secondary N) is 2. The fourth-order valence-electron chi connectivity index (χ4n) is 5.65. The molecule has 0 radical (unpaired) electrons. The van der Waals surface area contributed by atoms with Crippen LogP contribution in [0.25, 0.3) is 10.8 Å². The van der Waals surface area contributed by atoms with Gasteiger partial charge in [0.1, 0.15) is 25.1 Å². The SMILES string of the molecule is CC(Cc1ccccc1)Oc1cncc(N2CCNCC2)n1.c1ccc2cc(OCCOc3cncc(N4CCNCC4)n3)ccc2c1. The first-order valence-corrected chi connectivity index (χ1v) is 16.7. The zero-order valence-electron chi connectivity index (χ0n) is 27.5.